The van der Waals surface area contributed by atoms with Crippen molar-refractivity contribution in [2.45, 2.75) is 0 Å². The molecule has 0 amide bonds. The van der Waals surface area contributed by atoms with Crippen LogP contribution in [0.5, 0.6) is 0 Å². The lowest BCUT2D eigenvalue weighted by atomic mass is 10.5. The maximum absolute atomic E-state index is 9.73. The average Bonchev–Trinajstić information content (AvgIpc) is 2.02. The number of nitrogens with zero attached hydrogens (tertiary/aromatic N) is 3. The van der Waals surface area contributed by atoms with Crippen LogP contribution in [0.1, 0.15) is 0 Å². The minimum atomic E-state index is -0.888. The SMILES string of the molecule is CN(CCO[N+](=O)[O-])CCO[N+](=O)[O-]. The Morgan fingerprint density at radius 1 is 1.07 bits per heavy atom. The highest BCUT2D eigenvalue weighted by atomic mass is 17.0. The van der Waals surface area contributed by atoms with Crippen LogP contribution >= 0.6 is 0 Å². The molecule has 0 aliphatic rings. The Hall–Kier alpha value is -1.64. The summed E-state index contributed by atoms with van der Waals surface area (Å²) in [6, 6.07) is 0. The fourth-order valence-corrected chi connectivity index (χ4v) is 0.654. The number of likely N-dealkylation sites (N-methyl/N-ethyl adjacent to an activating group) is 1. The zero-order valence-electron chi connectivity index (χ0n) is 7.62. The van der Waals surface area contributed by atoms with Gasteiger partial charge in [0, 0.05) is 13.1 Å². The Morgan fingerprint density at radius 3 is 1.71 bits per heavy atom. The molecule has 0 heterocycles. The van der Waals surface area contributed by atoms with Gasteiger partial charge >= 0.3 is 0 Å². The maximum Gasteiger partial charge on any atom is 0.294 e. The predicted molar refractivity (Wildman–Crippen MR) is 43.4 cm³/mol. The normalized spacial score (nSPS) is 9.86. The van der Waals surface area contributed by atoms with Crippen molar-refractivity contribution in [2.24, 2.45) is 0 Å². The van der Waals surface area contributed by atoms with Crippen LogP contribution in [0.25, 0.3) is 0 Å². The highest BCUT2D eigenvalue weighted by Gasteiger charge is 2.01. The van der Waals surface area contributed by atoms with Gasteiger partial charge in [-0.1, -0.05) is 0 Å². The van der Waals surface area contributed by atoms with E-state index in [1.54, 1.807) is 11.9 Å². The lowest BCUT2D eigenvalue weighted by Gasteiger charge is -2.14. The minimum Gasteiger partial charge on any atom is -0.313 e. The lowest BCUT2D eigenvalue weighted by molar-refractivity contribution is -0.758. The molecule has 0 aliphatic heterocycles. The van der Waals surface area contributed by atoms with E-state index in [4.69, 9.17) is 0 Å². The second kappa shape index (κ2) is 6.83. The van der Waals surface area contributed by atoms with Gasteiger partial charge in [0.15, 0.2) is 0 Å². The van der Waals surface area contributed by atoms with E-state index in [1.807, 2.05) is 0 Å². The zero-order valence-corrected chi connectivity index (χ0v) is 7.62. The molecular formula is C5H11N3O6. The van der Waals surface area contributed by atoms with Crippen molar-refractivity contribution >= 4 is 0 Å². The van der Waals surface area contributed by atoms with Crippen LogP contribution in [0.15, 0.2) is 0 Å². The van der Waals surface area contributed by atoms with E-state index in [0.29, 0.717) is 13.1 Å². The van der Waals surface area contributed by atoms with E-state index in [-0.39, 0.29) is 13.2 Å². The molecule has 0 atom stereocenters. The predicted octanol–water partition coefficient (Wildman–Crippen LogP) is -0.665. The summed E-state index contributed by atoms with van der Waals surface area (Å²) < 4.78 is 0. The second-order valence-electron chi connectivity index (χ2n) is 2.42. The molecule has 0 unspecified atom stereocenters. The fourth-order valence-electron chi connectivity index (χ4n) is 0.654. The highest BCUT2D eigenvalue weighted by Crippen LogP contribution is 1.85. The van der Waals surface area contributed by atoms with Crippen molar-refractivity contribution < 1.29 is 19.8 Å². The van der Waals surface area contributed by atoms with Gasteiger partial charge < -0.3 is 14.6 Å². The molecule has 9 nitrogen and oxygen atoms in total. The average molecular weight is 209 g/mol. The van der Waals surface area contributed by atoms with E-state index < -0.39 is 10.2 Å². The van der Waals surface area contributed by atoms with Crippen molar-refractivity contribution in [3.63, 3.8) is 0 Å². The van der Waals surface area contributed by atoms with Gasteiger partial charge in [-0.25, -0.2) is 0 Å². The molecule has 0 radical (unpaired) electrons. The fraction of sp³-hybridized carbons (Fsp3) is 1.00. The van der Waals surface area contributed by atoms with Crippen LogP contribution in [-0.2, 0) is 9.68 Å². The summed E-state index contributed by atoms with van der Waals surface area (Å²) in [5.74, 6) is 0. The van der Waals surface area contributed by atoms with Crippen LogP contribution in [0.3, 0.4) is 0 Å². The molecule has 0 aromatic heterocycles. The van der Waals surface area contributed by atoms with Crippen molar-refractivity contribution in [3.8, 4) is 0 Å². The molecule has 0 N–H and O–H groups in total. The minimum absolute atomic E-state index is 0.0675. The van der Waals surface area contributed by atoms with Gasteiger partial charge in [0.25, 0.3) is 10.2 Å². The van der Waals surface area contributed by atoms with E-state index in [0.717, 1.165) is 0 Å². The summed E-state index contributed by atoms with van der Waals surface area (Å²) in [5, 5.41) is 17.7. The molecule has 0 saturated carbocycles. The molecule has 0 rings (SSSR count). The first-order valence-corrected chi connectivity index (χ1v) is 3.75. The van der Waals surface area contributed by atoms with Crippen molar-refractivity contribution in [1.82, 2.24) is 4.90 Å². The van der Waals surface area contributed by atoms with Crippen LogP contribution in [0.4, 0.5) is 0 Å². The Labute approximate surface area is 79.4 Å². The number of hydrogen-bond acceptors (Lipinski definition) is 7. The van der Waals surface area contributed by atoms with Crippen molar-refractivity contribution in [2.75, 3.05) is 33.4 Å². The molecule has 0 bridgehead atoms. The van der Waals surface area contributed by atoms with Crippen LogP contribution in [-0.4, -0.2) is 48.4 Å². The molecule has 14 heavy (non-hydrogen) atoms. The van der Waals surface area contributed by atoms with E-state index in [2.05, 4.69) is 9.68 Å². The lowest BCUT2D eigenvalue weighted by Crippen LogP contribution is -2.28. The molecule has 0 aliphatic carbocycles. The maximum atomic E-state index is 9.73. The van der Waals surface area contributed by atoms with Gasteiger partial charge in [-0.15, -0.1) is 20.2 Å². The monoisotopic (exact) mass is 209 g/mol. The molecule has 0 spiro atoms. The standard InChI is InChI=1S/C5H11N3O6/c1-6(2-4-13-7(9)10)3-5-14-8(11)12/h2-5H2,1H3. The van der Waals surface area contributed by atoms with E-state index >= 15 is 0 Å². The first kappa shape index (κ1) is 12.4. The largest absolute Gasteiger partial charge is 0.313 e. The summed E-state index contributed by atoms with van der Waals surface area (Å²) >= 11 is 0. The summed E-state index contributed by atoms with van der Waals surface area (Å²) in [7, 11) is 1.65. The van der Waals surface area contributed by atoms with Crippen molar-refractivity contribution in [3.05, 3.63) is 20.2 Å². The van der Waals surface area contributed by atoms with Gasteiger partial charge in [-0.3, -0.25) is 0 Å². The summed E-state index contributed by atoms with van der Waals surface area (Å²) in [5.41, 5.74) is 0. The Bertz CT molecular complexity index is 178. The second-order valence-corrected chi connectivity index (χ2v) is 2.42. The third kappa shape index (κ3) is 8.46. The molecule has 9 heteroatoms. The van der Waals surface area contributed by atoms with E-state index in [9.17, 15) is 20.2 Å². The van der Waals surface area contributed by atoms with Gasteiger partial charge in [0.2, 0.25) is 0 Å². The molecule has 0 aromatic carbocycles. The first-order chi connectivity index (χ1) is 6.52. The first-order valence-electron chi connectivity index (χ1n) is 3.75. The zero-order chi connectivity index (χ0) is 11.0. The highest BCUT2D eigenvalue weighted by molar-refractivity contribution is 4.47. The Balaban J connectivity index is 3.32. The van der Waals surface area contributed by atoms with Crippen molar-refractivity contribution in [1.29, 1.82) is 0 Å². The van der Waals surface area contributed by atoms with Gasteiger partial charge in [0.05, 0.1) is 0 Å². The van der Waals surface area contributed by atoms with Crippen LogP contribution < -0.4 is 0 Å². The Kier molecular flexibility index (Phi) is 6.03. The number of rotatable bonds is 8. The summed E-state index contributed by atoms with van der Waals surface area (Å²) in [6.45, 7) is 0.480. The molecular weight excluding hydrogens is 198 g/mol. The van der Waals surface area contributed by atoms with Gasteiger partial charge in [-0.05, 0) is 7.05 Å². The summed E-state index contributed by atoms with van der Waals surface area (Å²) in [4.78, 5) is 29.2. The Morgan fingerprint density at radius 2 is 1.43 bits per heavy atom. The molecule has 0 fully saturated rings. The van der Waals surface area contributed by atoms with Gasteiger partial charge in [-0.2, -0.15) is 0 Å². The molecule has 0 saturated heterocycles. The third-order valence-electron chi connectivity index (χ3n) is 1.34. The topological polar surface area (TPSA) is 108 Å². The number of hydrogen-bond donors (Lipinski definition) is 0. The summed E-state index contributed by atoms with van der Waals surface area (Å²) in [6.07, 6.45) is 0. The van der Waals surface area contributed by atoms with Crippen LogP contribution in [0, 0.1) is 20.2 Å². The van der Waals surface area contributed by atoms with E-state index in [1.165, 1.54) is 0 Å². The van der Waals surface area contributed by atoms with Crippen LogP contribution in [0.2, 0.25) is 0 Å². The van der Waals surface area contributed by atoms with Gasteiger partial charge in [0.1, 0.15) is 13.2 Å². The third-order valence-corrected chi connectivity index (χ3v) is 1.34. The quantitative estimate of drug-likeness (QED) is 0.385. The molecule has 82 valence electrons. The smallest absolute Gasteiger partial charge is 0.294 e. The molecule has 0 aromatic rings.